The summed E-state index contributed by atoms with van der Waals surface area (Å²) in [7, 11) is 0. The minimum Gasteiger partial charge on any atom is -0.245 e. The van der Waals surface area contributed by atoms with Crippen LogP contribution in [0.3, 0.4) is 0 Å². The van der Waals surface area contributed by atoms with Crippen LogP contribution < -0.4 is 0 Å². The third kappa shape index (κ3) is 2.07. The predicted molar refractivity (Wildman–Crippen MR) is 72.6 cm³/mol. The van der Waals surface area contributed by atoms with Crippen molar-refractivity contribution in [3.8, 4) is 0 Å². The highest BCUT2D eigenvalue weighted by Crippen LogP contribution is 2.42. The average molecular weight is 261 g/mol. The summed E-state index contributed by atoms with van der Waals surface area (Å²) in [6, 6.07) is 6.75. The largest absolute Gasteiger partial charge is 0.245 e. The molecule has 1 fully saturated rings. The molecule has 3 rings (SSSR count). The van der Waals surface area contributed by atoms with Crippen molar-refractivity contribution in [2.24, 2.45) is 0 Å². The SMILES string of the molecule is CC(C)(c1ccc(F)cc1)c1nc(C2CC2)cs1. The van der Waals surface area contributed by atoms with Crippen LogP contribution in [-0.4, -0.2) is 4.98 Å². The topological polar surface area (TPSA) is 12.9 Å². The minimum absolute atomic E-state index is 0.147. The van der Waals surface area contributed by atoms with Gasteiger partial charge in [0.2, 0.25) is 0 Å². The Morgan fingerprint density at radius 3 is 2.50 bits per heavy atom. The predicted octanol–water partition coefficient (Wildman–Crippen LogP) is 4.49. The summed E-state index contributed by atoms with van der Waals surface area (Å²) < 4.78 is 13.0. The van der Waals surface area contributed by atoms with Crippen LogP contribution in [0.5, 0.6) is 0 Å². The second-order valence-electron chi connectivity index (χ2n) is 5.48. The zero-order valence-corrected chi connectivity index (χ0v) is 11.4. The lowest BCUT2D eigenvalue weighted by Gasteiger charge is -2.22. The summed E-state index contributed by atoms with van der Waals surface area (Å²) >= 11 is 1.72. The molecule has 0 unspecified atom stereocenters. The van der Waals surface area contributed by atoms with Crippen LogP contribution in [-0.2, 0) is 5.41 Å². The first-order chi connectivity index (χ1) is 8.57. The van der Waals surface area contributed by atoms with E-state index < -0.39 is 0 Å². The van der Waals surface area contributed by atoms with Crippen molar-refractivity contribution in [2.45, 2.75) is 38.0 Å². The van der Waals surface area contributed by atoms with E-state index in [0.717, 1.165) is 10.6 Å². The molecule has 1 aliphatic carbocycles. The molecule has 1 aliphatic rings. The van der Waals surface area contributed by atoms with Crippen LogP contribution in [0.4, 0.5) is 4.39 Å². The van der Waals surface area contributed by atoms with Gasteiger partial charge in [-0.1, -0.05) is 12.1 Å². The number of hydrogen-bond donors (Lipinski definition) is 0. The van der Waals surface area contributed by atoms with Gasteiger partial charge in [-0.05, 0) is 44.4 Å². The van der Waals surface area contributed by atoms with Gasteiger partial charge < -0.3 is 0 Å². The fourth-order valence-corrected chi connectivity index (χ4v) is 3.18. The summed E-state index contributed by atoms with van der Waals surface area (Å²) in [5, 5.41) is 3.30. The summed E-state index contributed by atoms with van der Waals surface area (Å²) in [6.07, 6.45) is 2.56. The summed E-state index contributed by atoms with van der Waals surface area (Å²) in [5.74, 6) is 0.506. The van der Waals surface area contributed by atoms with Gasteiger partial charge in [0, 0.05) is 16.7 Å². The third-order valence-electron chi connectivity index (χ3n) is 3.62. The van der Waals surface area contributed by atoms with E-state index in [1.54, 1.807) is 11.3 Å². The Hall–Kier alpha value is -1.22. The molecule has 94 valence electrons. The Kier molecular flexibility index (Phi) is 2.74. The van der Waals surface area contributed by atoms with Gasteiger partial charge in [0.1, 0.15) is 10.8 Å². The minimum atomic E-state index is -0.188. The van der Waals surface area contributed by atoms with Crippen molar-refractivity contribution in [2.75, 3.05) is 0 Å². The molecule has 1 aromatic carbocycles. The fourth-order valence-electron chi connectivity index (χ4n) is 2.13. The number of hydrogen-bond acceptors (Lipinski definition) is 2. The van der Waals surface area contributed by atoms with Crippen molar-refractivity contribution < 1.29 is 4.39 Å². The lowest BCUT2D eigenvalue weighted by Crippen LogP contribution is -2.18. The van der Waals surface area contributed by atoms with Gasteiger partial charge >= 0.3 is 0 Å². The van der Waals surface area contributed by atoms with Crippen molar-refractivity contribution >= 4 is 11.3 Å². The van der Waals surface area contributed by atoms with E-state index in [1.165, 1.54) is 30.7 Å². The highest BCUT2D eigenvalue weighted by molar-refractivity contribution is 7.09. The first kappa shape index (κ1) is 11.8. The Labute approximate surface area is 111 Å². The zero-order chi connectivity index (χ0) is 12.8. The van der Waals surface area contributed by atoms with E-state index in [2.05, 4.69) is 19.2 Å². The van der Waals surface area contributed by atoms with Gasteiger partial charge in [0.15, 0.2) is 0 Å². The molecule has 1 nitrogen and oxygen atoms in total. The number of aromatic nitrogens is 1. The Morgan fingerprint density at radius 2 is 1.89 bits per heavy atom. The number of benzene rings is 1. The number of halogens is 1. The molecule has 1 heterocycles. The third-order valence-corrected chi connectivity index (χ3v) is 4.80. The molecule has 0 aliphatic heterocycles. The maximum absolute atomic E-state index is 13.0. The van der Waals surface area contributed by atoms with Crippen LogP contribution in [0.25, 0.3) is 0 Å². The van der Waals surface area contributed by atoms with E-state index in [-0.39, 0.29) is 11.2 Å². The average Bonchev–Trinajstić information content (AvgIpc) is 3.07. The maximum atomic E-state index is 13.0. The highest BCUT2D eigenvalue weighted by atomic mass is 32.1. The number of thiazole rings is 1. The normalized spacial score (nSPS) is 15.9. The van der Waals surface area contributed by atoms with Crippen LogP contribution in [0.2, 0.25) is 0 Å². The highest BCUT2D eigenvalue weighted by Gasteiger charge is 2.31. The van der Waals surface area contributed by atoms with Gasteiger partial charge in [0.25, 0.3) is 0 Å². The molecule has 3 heteroatoms. The van der Waals surface area contributed by atoms with E-state index in [0.29, 0.717) is 5.92 Å². The second-order valence-corrected chi connectivity index (χ2v) is 6.34. The quantitative estimate of drug-likeness (QED) is 0.793. The monoisotopic (exact) mass is 261 g/mol. The molecule has 0 spiro atoms. The second kappa shape index (κ2) is 4.16. The lowest BCUT2D eigenvalue weighted by molar-refractivity contribution is 0.610. The maximum Gasteiger partial charge on any atom is 0.123 e. The van der Waals surface area contributed by atoms with E-state index in [4.69, 9.17) is 4.98 Å². The van der Waals surface area contributed by atoms with Gasteiger partial charge in [-0.25, -0.2) is 9.37 Å². The van der Waals surface area contributed by atoms with Crippen molar-refractivity contribution in [3.05, 3.63) is 51.7 Å². The van der Waals surface area contributed by atoms with Gasteiger partial charge in [0.05, 0.1) is 5.69 Å². The van der Waals surface area contributed by atoms with Crippen LogP contribution >= 0.6 is 11.3 Å². The molecule has 0 amide bonds. The molecule has 0 radical (unpaired) electrons. The van der Waals surface area contributed by atoms with Crippen molar-refractivity contribution in [3.63, 3.8) is 0 Å². The summed E-state index contributed by atoms with van der Waals surface area (Å²) in [5.41, 5.74) is 2.21. The Balaban J connectivity index is 1.94. The molecule has 1 aromatic heterocycles. The molecule has 2 aromatic rings. The molecule has 1 saturated carbocycles. The molecule has 0 N–H and O–H groups in total. The molecular formula is C15H16FNS. The van der Waals surface area contributed by atoms with Crippen LogP contribution in [0, 0.1) is 5.82 Å². The smallest absolute Gasteiger partial charge is 0.123 e. The van der Waals surface area contributed by atoms with E-state index >= 15 is 0 Å². The first-order valence-corrected chi connectivity index (χ1v) is 7.17. The fraction of sp³-hybridized carbons (Fsp3) is 0.400. The molecule has 0 saturated heterocycles. The van der Waals surface area contributed by atoms with E-state index in [9.17, 15) is 4.39 Å². The van der Waals surface area contributed by atoms with Crippen molar-refractivity contribution in [1.82, 2.24) is 4.98 Å². The molecular weight excluding hydrogens is 245 g/mol. The standard InChI is InChI=1S/C15H16FNS/c1-15(2,11-5-7-12(16)8-6-11)14-17-13(9-18-14)10-3-4-10/h5-10H,3-4H2,1-2H3. The van der Waals surface area contributed by atoms with Gasteiger partial charge in [-0.3, -0.25) is 0 Å². The van der Waals surface area contributed by atoms with Crippen molar-refractivity contribution in [1.29, 1.82) is 0 Å². The van der Waals surface area contributed by atoms with Crippen LogP contribution in [0.1, 0.15) is 48.9 Å². The Bertz CT molecular complexity index is 552. The summed E-state index contributed by atoms with van der Waals surface area (Å²) in [4.78, 5) is 4.77. The Morgan fingerprint density at radius 1 is 1.22 bits per heavy atom. The van der Waals surface area contributed by atoms with Gasteiger partial charge in [-0.2, -0.15) is 0 Å². The molecule has 0 bridgehead atoms. The molecule has 0 atom stereocenters. The molecule has 18 heavy (non-hydrogen) atoms. The number of nitrogens with zero attached hydrogens (tertiary/aromatic N) is 1. The lowest BCUT2D eigenvalue weighted by atomic mass is 9.85. The first-order valence-electron chi connectivity index (χ1n) is 6.29. The van der Waals surface area contributed by atoms with Crippen LogP contribution in [0.15, 0.2) is 29.6 Å². The van der Waals surface area contributed by atoms with E-state index in [1.807, 2.05) is 12.1 Å². The zero-order valence-electron chi connectivity index (χ0n) is 10.6. The number of rotatable bonds is 3. The van der Waals surface area contributed by atoms with Gasteiger partial charge in [-0.15, -0.1) is 11.3 Å². The summed E-state index contributed by atoms with van der Waals surface area (Å²) in [6.45, 7) is 4.30.